The van der Waals surface area contributed by atoms with E-state index in [4.69, 9.17) is 9.47 Å². The molecular weight excluding hydrogens is 572 g/mol. The number of nitrogens with zero attached hydrogens (tertiary/aromatic N) is 4. The highest BCUT2D eigenvalue weighted by molar-refractivity contribution is 7.89. The number of aromatic nitrogens is 1. The van der Waals surface area contributed by atoms with Crippen molar-refractivity contribution >= 4 is 21.8 Å². The fourth-order valence-corrected chi connectivity index (χ4v) is 6.08. The van der Waals surface area contributed by atoms with Crippen molar-refractivity contribution in [2.75, 3.05) is 47.9 Å². The molecule has 0 saturated carbocycles. The maximum Gasteiger partial charge on any atom is 0.259 e. The second kappa shape index (κ2) is 13.1. The van der Waals surface area contributed by atoms with Crippen molar-refractivity contribution in [2.45, 2.75) is 30.9 Å². The number of methoxy groups -OCH3 is 1. The van der Waals surface area contributed by atoms with Gasteiger partial charge in [-0.2, -0.15) is 4.31 Å². The minimum atomic E-state index is -3.90. The number of fused-ring (bicyclic) bond motifs is 1. The van der Waals surface area contributed by atoms with Gasteiger partial charge in [-0.05, 0) is 42.8 Å². The van der Waals surface area contributed by atoms with Crippen molar-refractivity contribution in [1.82, 2.24) is 19.1 Å². The molecule has 1 aromatic heterocycles. The molecule has 0 spiro atoms. The number of sulfonamides is 1. The number of benzene rings is 2. The Balaban J connectivity index is 1.72. The van der Waals surface area contributed by atoms with Crippen LogP contribution in [0.4, 0.5) is 0 Å². The summed E-state index contributed by atoms with van der Waals surface area (Å²) in [6, 6.07) is 14.4. The predicted octanol–water partition coefficient (Wildman–Crippen LogP) is 3.00. The van der Waals surface area contributed by atoms with Crippen molar-refractivity contribution in [3.63, 3.8) is 0 Å². The van der Waals surface area contributed by atoms with E-state index >= 15 is 0 Å². The maximum absolute atomic E-state index is 13.8. The van der Waals surface area contributed by atoms with Crippen LogP contribution in [-0.4, -0.2) is 105 Å². The Morgan fingerprint density at radius 2 is 1.86 bits per heavy atom. The molecule has 1 aliphatic rings. The summed E-state index contributed by atoms with van der Waals surface area (Å²) in [4.78, 5) is 34.0. The molecule has 2 amide bonds. The van der Waals surface area contributed by atoms with E-state index in [9.17, 15) is 23.1 Å². The first-order chi connectivity index (χ1) is 20.4. The van der Waals surface area contributed by atoms with E-state index in [-0.39, 0.29) is 53.8 Å². The van der Waals surface area contributed by atoms with Crippen molar-refractivity contribution in [2.24, 2.45) is 5.92 Å². The molecule has 1 N–H and O–H groups in total. The molecule has 1 aliphatic heterocycles. The monoisotopic (exact) mass is 610 g/mol. The zero-order valence-electron chi connectivity index (χ0n) is 25.2. The molecule has 3 aromatic rings. The van der Waals surface area contributed by atoms with Crippen molar-refractivity contribution < 1.29 is 32.6 Å². The van der Waals surface area contributed by atoms with E-state index in [1.807, 2.05) is 13.0 Å². The number of amides is 2. The Labute approximate surface area is 252 Å². The molecule has 0 aliphatic carbocycles. The van der Waals surface area contributed by atoms with Crippen molar-refractivity contribution in [3.8, 4) is 22.8 Å². The highest BCUT2D eigenvalue weighted by Gasteiger charge is 2.36. The molecule has 3 atom stereocenters. The number of aliphatic hydroxyl groups is 1. The zero-order chi connectivity index (χ0) is 31.5. The number of carbonyl (C=O) groups is 2. The first-order valence-electron chi connectivity index (χ1n) is 13.9. The average molecular weight is 611 g/mol. The topological polar surface area (TPSA) is 130 Å². The minimum absolute atomic E-state index is 0.0200. The van der Waals surface area contributed by atoms with Gasteiger partial charge in [0, 0.05) is 57.0 Å². The Morgan fingerprint density at radius 3 is 2.53 bits per heavy atom. The number of rotatable bonds is 9. The Morgan fingerprint density at radius 1 is 1.14 bits per heavy atom. The normalized spacial score (nSPS) is 17.9. The van der Waals surface area contributed by atoms with Gasteiger partial charge >= 0.3 is 0 Å². The first-order valence-corrected chi connectivity index (χ1v) is 15.3. The van der Waals surface area contributed by atoms with Gasteiger partial charge in [0.2, 0.25) is 15.9 Å². The highest BCUT2D eigenvalue weighted by atomic mass is 32.2. The van der Waals surface area contributed by atoms with Crippen LogP contribution in [0.15, 0.2) is 65.7 Å². The van der Waals surface area contributed by atoms with Gasteiger partial charge in [-0.3, -0.25) is 9.59 Å². The molecule has 0 saturated heterocycles. The van der Waals surface area contributed by atoms with Gasteiger partial charge in [-0.15, -0.1) is 0 Å². The Bertz CT molecular complexity index is 1590. The van der Waals surface area contributed by atoms with Crippen LogP contribution in [0, 0.1) is 5.92 Å². The summed E-state index contributed by atoms with van der Waals surface area (Å²) in [5, 5.41) is 9.97. The second-order valence-corrected chi connectivity index (χ2v) is 13.0. The van der Waals surface area contributed by atoms with Crippen LogP contribution in [0.2, 0.25) is 0 Å². The molecule has 230 valence electrons. The number of pyridine rings is 1. The van der Waals surface area contributed by atoms with Gasteiger partial charge in [0.25, 0.3) is 11.8 Å². The van der Waals surface area contributed by atoms with Crippen molar-refractivity contribution in [3.05, 3.63) is 71.9 Å². The number of ether oxygens (including phenoxy) is 2. The molecule has 2 aromatic carbocycles. The molecule has 11 nitrogen and oxygen atoms in total. The third-order valence-corrected chi connectivity index (χ3v) is 9.38. The van der Waals surface area contributed by atoms with Gasteiger partial charge in [0.1, 0.15) is 17.4 Å². The smallest absolute Gasteiger partial charge is 0.259 e. The van der Waals surface area contributed by atoms with E-state index in [1.54, 1.807) is 68.5 Å². The van der Waals surface area contributed by atoms with E-state index in [0.717, 1.165) is 0 Å². The number of hydrogen-bond donors (Lipinski definition) is 1. The quantitative estimate of drug-likeness (QED) is 0.392. The van der Waals surface area contributed by atoms with Gasteiger partial charge in [0.05, 0.1) is 31.2 Å². The fraction of sp³-hybridized carbons (Fsp3) is 0.387. The summed E-state index contributed by atoms with van der Waals surface area (Å²) < 4.78 is 39.6. The Hall–Kier alpha value is -4.00. The van der Waals surface area contributed by atoms with Crippen LogP contribution >= 0.6 is 0 Å². The largest absolute Gasteiger partial charge is 0.497 e. The minimum Gasteiger partial charge on any atom is -0.497 e. The fourth-order valence-electron chi connectivity index (χ4n) is 4.86. The SMILES string of the molecule is COc1cccc(S(=O)(=O)N(C)C[C@@H]2Oc3ncc(-c4cccc(C(=O)N(C)C)c4)cc3C(=O)N([C@@H](C)CO)C[C@H]2C)c1. The number of carbonyl (C=O) groups excluding carboxylic acids is 2. The standard InChI is InChI=1S/C31H38N4O7S/c1-20-17-35(21(2)19-36)31(38)27-14-24(22-9-7-10-23(13-22)30(37)33(3)4)16-32-29(27)42-28(20)18-34(5)43(39,40)26-12-8-11-25(15-26)41-6/h7-16,20-21,28,36H,17-19H2,1-6H3/t20-,21+,28+/m1/s1. The van der Waals surface area contributed by atoms with Gasteiger partial charge in [0.15, 0.2) is 0 Å². The molecule has 43 heavy (non-hydrogen) atoms. The van der Waals surface area contributed by atoms with Crippen LogP contribution in [0.5, 0.6) is 11.6 Å². The summed E-state index contributed by atoms with van der Waals surface area (Å²) in [7, 11) is 2.39. The number of likely N-dealkylation sites (N-methyl/N-ethyl adjacent to an activating group) is 1. The average Bonchev–Trinajstić information content (AvgIpc) is 3.01. The number of hydrogen-bond acceptors (Lipinski definition) is 8. The summed E-state index contributed by atoms with van der Waals surface area (Å²) in [5.74, 6) is -0.359. The van der Waals surface area contributed by atoms with Crippen LogP contribution in [-0.2, 0) is 10.0 Å². The Kier molecular flexibility index (Phi) is 9.73. The van der Waals surface area contributed by atoms with E-state index in [0.29, 0.717) is 22.4 Å². The first kappa shape index (κ1) is 31.9. The predicted molar refractivity (Wildman–Crippen MR) is 162 cm³/mol. The van der Waals surface area contributed by atoms with Crippen molar-refractivity contribution in [1.29, 1.82) is 0 Å². The van der Waals surface area contributed by atoms with E-state index in [2.05, 4.69) is 4.98 Å². The lowest BCUT2D eigenvalue weighted by Gasteiger charge is -2.37. The van der Waals surface area contributed by atoms with Gasteiger partial charge in [-0.1, -0.05) is 25.1 Å². The van der Waals surface area contributed by atoms with Crippen LogP contribution in [0.25, 0.3) is 11.1 Å². The zero-order valence-corrected chi connectivity index (χ0v) is 26.0. The lowest BCUT2D eigenvalue weighted by atomic mass is 9.99. The highest BCUT2D eigenvalue weighted by Crippen LogP contribution is 2.31. The third-order valence-electron chi connectivity index (χ3n) is 7.56. The molecule has 0 fully saturated rings. The summed E-state index contributed by atoms with van der Waals surface area (Å²) >= 11 is 0. The molecule has 2 heterocycles. The summed E-state index contributed by atoms with van der Waals surface area (Å²) in [6.45, 7) is 3.55. The molecule has 12 heteroatoms. The van der Waals surface area contributed by atoms with E-state index in [1.165, 1.54) is 35.5 Å². The van der Waals surface area contributed by atoms with Crippen LogP contribution in [0.1, 0.15) is 34.6 Å². The molecular formula is C31H38N4O7S. The molecule has 4 rings (SSSR count). The maximum atomic E-state index is 13.8. The lowest BCUT2D eigenvalue weighted by molar-refractivity contribution is 0.0373. The molecule has 0 bridgehead atoms. The van der Waals surface area contributed by atoms with Gasteiger partial charge < -0.3 is 24.4 Å². The van der Waals surface area contributed by atoms with Crippen LogP contribution in [0.3, 0.4) is 0 Å². The molecule has 0 unspecified atom stereocenters. The summed E-state index contributed by atoms with van der Waals surface area (Å²) in [5.41, 5.74) is 1.95. The van der Waals surface area contributed by atoms with Gasteiger partial charge in [-0.25, -0.2) is 13.4 Å². The molecule has 0 radical (unpaired) electrons. The third kappa shape index (κ3) is 6.82. The summed E-state index contributed by atoms with van der Waals surface area (Å²) in [6.07, 6.45) is 0.885. The number of aliphatic hydroxyl groups excluding tert-OH is 1. The van der Waals surface area contributed by atoms with E-state index < -0.39 is 22.2 Å². The second-order valence-electron chi connectivity index (χ2n) is 10.9. The van der Waals surface area contributed by atoms with Crippen LogP contribution < -0.4 is 9.47 Å². The lowest BCUT2D eigenvalue weighted by Crippen LogP contribution is -2.50.